The van der Waals surface area contributed by atoms with Crippen molar-refractivity contribution in [3.05, 3.63) is 35.4 Å². The monoisotopic (exact) mass is 302 g/mol. The van der Waals surface area contributed by atoms with Crippen LogP contribution in [-0.2, 0) is 0 Å². The summed E-state index contributed by atoms with van der Waals surface area (Å²) >= 11 is 1.94. The van der Waals surface area contributed by atoms with Crippen LogP contribution in [0.25, 0.3) is 0 Å². The second-order valence-electron chi connectivity index (χ2n) is 5.27. The normalized spacial score (nSPS) is 21.2. The molecule has 1 aromatic rings. The Hall–Kier alpha value is -1.44. The number of benzene rings is 1. The van der Waals surface area contributed by atoms with Gasteiger partial charge in [-0.15, -0.1) is 0 Å². The number of nitrogens with two attached hydrogens (primary N) is 1. The molecule has 0 atom stereocenters. The fourth-order valence-corrected chi connectivity index (χ4v) is 3.31. The van der Waals surface area contributed by atoms with E-state index in [0.29, 0.717) is 18.2 Å². The molecule has 112 valence electrons. The molecule has 3 N–H and O–H groups in total. The number of hydrogen-bond donors (Lipinski definition) is 2. The number of carbonyl (C=O) groups is 1. The summed E-state index contributed by atoms with van der Waals surface area (Å²) in [6.07, 6.45) is 6.72. The lowest BCUT2D eigenvalue weighted by molar-refractivity contribution is 0.0928. The van der Waals surface area contributed by atoms with Gasteiger partial charge in [0, 0.05) is 22.4 Å². The molecule has 0 radical (unpaired) electrons. The Labute approximate surface area is 131 Å². The minimum absolute atomic E-state index is 0.0148. The summed E-state index contributed by atoms with van der Waals surface area (Å²) in [6, 6.07) is 7.69. The topological polar surface area (TPSA) is 55.1 Å². The molecule has 2 rings (SSSR count). The van der Waals surface area contributed by atoms with Gasteiger partial charge in [0.05, 0.1) is 6.54 Å². The van der Waals surface area contributed by atoms with E-state index in [1.165, 1.54) is 12.8 Å². The van der Waals surface area contributed by atoms with Crippen molar-refractivity contribution in [2.24, 2.45) is 5.73 Å². The third kappa shape index (κ3) is 4.80. The first-order valence-electron chi connectivity index (χ1n) is 7.35. The molecule has 0 saturated heterocycles. The van der Waals surface area contributed by atoms with Crippen LogP contribution in [0.15, 0.2) is 24.3 Å². The van der Waals surface area contributed by atoms with E-state index in [1.807, 2.05) is 36.0 Å². The lowest BCUT2D eigenvalue weighted by Crippen LogP contribution is -2.38. The summed E-state index contributed by atoms with van der Waals surface area (Å²) < 4.78 is 0. The Bertz CT molecular complexity index is 522. The van der Waals surface area contributed by atoms with Crippen LogP contribution in [-0.4, -0.2) is 30.0 Å². The average molecular weight is 302 g/mol. The number of carbonyl (C=O) groups excluding carboxylic acids is 1. The van der Waals surface area contributed by atoms with Crippen LogP contribution in [0.2, 0.25) is 0 Å². The maximum absolute atomic E-state index is 12.2. The lowest BCUT2D eigenvalue weighted by atomic mass is 9.94. The van der Waals surface area contributed by atoms with Gasteiger partial charge in [-0.25, -0.2) is 0 Å². The highest BCUT2D eigenvalue weighted by atomic mass is 32.2. The molecule has 4 heteroatoms. The number of rotatable bonds is 3. The SMILES string of the molecule is CSC1CCC(NC(=O)c2ccc(C#CCN)cc2)CC1. The summed E-state index contributed by atoms with van der Waals surface area (Å²) in [6.45, 7) is 0.348. The molecule has 1 amide bonds. The van der Waals surface area contributed by atoms with E-state index in [0.717, 1.165) is 23.7 Å². The van der Waals surface area contributed by atoms with Crippen LogP contribution in [0.1, 0.15) is 41.6 Å². The van der Waals surface area contributed by atoms with Gasteiger partial charge < -0.3 is 11.1 Å². The van der Waals surface area contributed by atoms with Crippen molar-refractivity contribution in [2.75, 3.05) is 12.8 Å². The smallest absolute Gasteiger partial charge is 0.251 e. The second-order valence-corrected chi connectivity index (χ2v) is 6.40. The highest BCUT2D eigenvalue weighted by Crippen LogP contribution is 2.26. The van der Waals surface area contributed by atoms with Gasteiger partial charge in [0.15, 0.2) is 0 Å². The maximum Gasteiger partial charge on any atom is 0.251 e. The Morgan fingerprint density at radius 2 is 1.95 bits per heavy atom. The molecule has 3 nitrogen and oxygen atoms in total. The van der Waals surface area contributed by atoms with Crippen LogP contribution < -0.4 is 11.1 Å². The number of nitrogens with one attached hydrogen (secondary N) is 1. The largest absolute Gasteiger partial charge is 0.349 e. The predicted molar refractivity (Wildman–Crippen MR) is 89.4 cm³/mol. The van der Waals surface area contributed by atoms with E-state index < -0.39 is 0 Å². The first kappa shape index (κ1) is 15.9. The Morgan fingerprint density at radius 3 is 2.52 bits per heavy atom. The van der Waals surface area contributed by atoms with Gasteiger partial charge in [0.2, 0.25) is 0 Å². The molecule has 1 aliphatic carbocycles. The van der Waals surface area contributed by atoms with Gasteiger partial charge in [-0.1, -0.05) is 11.8 Å². The van der Waals surface area contributed by atoms with Crippen molar-refractivity contribution in [3.8, 4) is 11.8 Å². The van der Waals surface area contributed by atoms with Crippen LogP contribution in [0, 0.1) is 11.8 Å². The molecule has 0 bridgehead atoms. The molecule has 1 saturated carbocycles. The van der Waals surface area contributed by atoms with E-state index in [1.54, 1.807) is 0 Å². The molecule has 1 aliphatic rings. The zero-order chi connectivity index (χ0) is 15.1. The van der Waals surface area contributed by atoms with Crippen molar-refractivity contribution in [1.29, 1.82) is 0 Å². The molecular weight excluding hydrogens is 280 g/mol. The molecular formula is C17H22N2OS. The summed E-state index contributed by atoms with van der Waals surface area (Å²) in [4.78, 5) is 12.2. The van der Waals surface area contributed by atoms with Gasteiger partial charge in [0.1, 0.15) is 0 Å². The fourth-order valence-electron chi connectivity index (χ4n) is 2.57. The van der Waals surface area contributed by atoms with Crippen LogP contribution in [0.3, 0.4) is 0 Å². The standard InChI is InChI=1S/C17H22N2OS/c1-21-16-10-8-15(9-11-16)19-17(20)14-6-4-13(5-7-14)3-2-12-18/h4-7,15-16H,8-12,18H2,1H3,(H,19,20). The average Bonchev–Trinajstić information content (AvgIpc) is 2.54. The van der Waals surface area contributed by atoms with Crippen LogP contribution in [0.5, 0.6) is 0 Å². The molecule has 1 fully saturated rings. The fraction of sp³-hybridized carbons (Fsp3) is 0.471. The van der Waals surface area contributed by atoms with Gasteiger partial charge in [-0.05, 0) is 56.2 Å². The summed E-state index contributed by atoms with van der Waals surface area (Å²) in [5.41, 5.74) is 6.92. The molecule has 0 unspecified atom stereocenters. The van der Waals surface area contributed by atoms with Crippen molar-refractivity contribution < 1.29 is 4.79 Å². The molecule has 0 spiro atoms. The van der Waals surface area contributed by atoms with Crippen LogP contribution in [0.4, 0.5) is 0 Å². The van der Waals surface area contributed by atoms with Crippen molar-refractivity contribution in [2.45, 2.75) is 37.0 Å². The predicted octanol–water partition coefficient (Wildman–Crippen LogP) is 2.40. The van der Waals surface area contributed by atoms with Gasteiger partial charge in [0.25, 0.3) is 5.91 Å². The molecule has 0 aliphatic heterocycles. The zero-order valence-electron chi connectivity index (χ0n) is 12.4. The Kier molecular flexibility index (Phi) is 6.16. The minimum atomic E-state index is 0.0148. The third-order valence-electron chi connectivity index (χ3n) is 3.82. The quantitative estimate of drug-likeness (QED) is 0.843. The van der Waals surface area contributed by atoms with Crippen molar-refractivity contribution in [3.63, 3.8) is 0 Å². The highest BCUT2D eigenvalue weighted by Gasteiger charge is 2.21. The number of thioether (sulfide) groups is 1. The first-order chi connectivity index (χ1) is 10.2. The number of amides is 1. The van der Waals surface area contributed by atoms with Crippen molar-refractivity contribution in [1.82, 2.24) is 5.32 Å². The van der Waals surface area contributed by atoms with Gasteiger partial charge >= 0.3 is 0 Å². The van der Waals surface area contributed by atoms with E-state index in [2.05, 4.69) is 23.4 Å². The maximum atomic E-state index is 12.2. The Balaban J connectivity index is 1.88. The molecule has 0 heterocycles. The summed E-state index contributed by atoms with van der Waals surface area (Å²) in [5.74, 6) is 5.77. The van der Waals surface area contributed by atoms with Gasteiger partial charge in [-0.2, -0.15) is 11.8 Å². The summed E-state index contributed by atoms with van der Waals surface area (Å²) in [7, 11) is 0. The number of hydrogen-bond acceptors (Lipinski definition) is 3. The summed E-state index contributed by atoms with van der Waals surface area (Å²) in [5, 5.41) is 3.90. The van der Waals surface area contributed by atoms with Gasteiger partial charge in [-0.3, -0.25) is 4.79 Å². The van der Waals surface area contributed by atoms with E-state index >= 15 is 0 Å². The zero-order valence-corrected chi connectivity index (χ0v) is 13.2. The molecule has 1 aromatic carbocycles. The van der Waals surface area contributed by atoms with E-state index in [4.69, 9.17) is 5.73 Å². The first-order valence-corrected chi connectivity index (χ1v) is 8.64. The molecule has 21 heavy (non-hydrogen) atoms. The van der Waals surface area contributed by atoms with Crippen LogP contribution >= 0.6 is 11.8 Å². The molecule has 0 aromatic heterocycles. The lowest BCUT2D eigenvalue weighted by Gasteiger charge is -2.28. The van der Waals surface area contributed by atoms with E-state index in [9.17, 15) is 4.79 Å². The Morgan fingerprint density at radius 1 is 1.29 bits per heavy atom. The van der Waals surface area contributed by atoms with Crippen molar-refractivity contribution >= 4 is 17.7 Å². The third-order valence-corrected chi connectivity index (χ3v) is 4.96. The van der Waals surface area contributed by atoms with E-state index in [-0.39, 0.29) is 5.91 Å². The minimum Gasteiger partial charge on any atom is -0.349 e. The highest BCUT2D eigenvalue weighted by molar-refractivity contribution is 7.99. The second kappa shape index (κ2) is 8.11.